The van der Waals surface area contributed by atoms with Crippen molar-refractivity contribution in [1.29, 1.82) is 0 Å². The summed E-state index contributed by atoms with van der Waals surface area (Å²) in [6, 6.07) is 4.81. The van der Waals surface area contributed by atoms with E-state index in [0.717, 1.165) is 18.4 Å². The van der Waals surface area contributed by atoms with Gasteiger partial charge in [-0.1, -0.05) is 20.3 Å². The summed E-state index contributed by atoms with van der Waals surface area (Å²) in [4.78, 5) is 0. The normalized spacial score (nSPS) is 12.5. The molecule has 1 atom stereocenters. The third kappa shape index (κ3) is 5.18. The third-order valence-electron chi connectivity index (χ3n) is 2.68. The van der Waals surface area contributed by atoms with Gasteiger partial charge in [0.25, 0.3) is 0 Å². The number of nitrogens with two attached hydrogens (primary N) is 1. The van der Waals surface area contributed by atoms with Crippen LogP contribution < -0.4 is 10.5 Å². The van der Waals surface area contributed by atoms with Crippen LogP contribution in [0.15, 0.2) is 18.2 Å². The van der Waals surface area contributed by atoms with Crippen molar-refractivity contribution in [3.8, 4) is 5.75 Å². The van der Waals surface area contributed by atoms with Crippen molar-refractivity contribution in [3.05, 3.63) is 29.6 Å². The predicted octanol–water partition coefficient (Wildman–Crippen LogP) is 3.14. The zero-order valence-corrected chi connectivity index (χ0v) is 10.7. The first-order valence-corrected chi connectivity index (χ1v) is 6.28. The maximum absolute atomic E-state index is 13.3. The summed E-state index contributed by atoms with van der Waals surface area (Å²) >= 11 is 0. The minimum Gasteiger partial charge on any atom is -0.493 e. The van der Waals surface area contributed by atoms with E-state index in [1.54, 1.807) is 0 Å². The van der Waals surface area contributed by atoms with Crippen molar-refractivity contribution in [2.45, 2.75) is 33.1 Å². The van der Waals surface area contributed by atoms with Crippen LogP contribution in [0, 0.1) is 11.7 Å². The molecule has 0 heterocycles. The van der Waals surface area contributed by atoms with E-state index < -0.39 is 0 Å². The molecular weight excluding hydrogens is 217 g/mol. The fraction of sp³-hybridized carbons (Fsp3) is 0.571. The third-order valence-corrected chi connectivity index (χ3v) is 2.68. The Hall–Kier alpha value is -1.09. The molecular formula is C14H22FNO. The first-order valence-electron chi connectivity index (χ1n) is 6.28. The second-order valence-corrected chi connectivity index (χ2v) is 4.54. The van der Waals surface area contributed by atoms with E-state index in [-0.39, 0.29) is 5.82 Å². The van der Waals surface area contributed by atoms with Gasteiger partial charge in [-0.15, -0.1) is 0 Å². The summed E-state index contributed by atoms with van der Waals surface area (Å²) < 4.78 is 18.9. The van der Waals surface area contributed by atoms with Crippen LogP contribution in [0.25, 0.3) is 0 Å². The van der Waals surface area contributed by atoms with Crippen LogP contribution in [0.4, 0.5) is 4.39 Å². The van der Waals surface area contributed by atoms with Gasteiger partial charge in [-0.2, -0.15) is 0 Å². The van der Waals surface area contributed by atoms with Crippen LogP contribution in [0.5, 0.6) is 5.75 Å². The highest BCUT2D eigenvalue weighted by Crippen LogP contribution is 2.18. The molecule has 2 N–H and O–H groups in total. The number of benzene rings is 1. The monoisotopic (exact) mass is 239 g/mol. The Morgan fingerprint density at radius 2 is 2.12 bits per heavy atom. The molecule has 1 rings (SSSR count). The maximum Gasteiger partial charge on any atom is 0.127 e. The Balaban J connectivity index is 2.57. The molecule has 0 amide bonds. The van der Waals surface area contributed by atoms with E-state index in [4.69, 9.17) is 10.5 Å². The lowest BCUT2D eigenvalue weighted by molar-refractivity contribution is 0.250. The van der Waals surface area contributed by atoms with Gasteiger partial charge in [-0.05, 0) is 43.0 Å². The van der Waals surface area contributed by atoms with Crippen LogP contribution in [0.2, 0.25) is 0 Å². The van der Waals surface area contributed by atoms with Crippen molar-refractivity contribution < 1.29 is 9.13 Å². The summed E-state index contributed by atoms with van der Waals surface area (Å²) in [6.45, 7) is 5.45. The summed E-state index contributed by atoms with van der Waals surface area (Å²) in [7, 11) is 0. The van der Waals surface area contributed by atoms with Gasteiger partial charge in [0, 0.05) is 6.07 Å². The van der Waals surface area contributed by atoms with E-state index >= 15 is 0 Å². The highest BCUT2D eigenvalue weighted by Gasteiger charge is 2.05. The van der Waals surface area contributed by atoms with Gasteiger partial charge < -0.3 is 10.5 Å². The summed E-state index contributed by atoms with van der Waals surface area (Å²) in [5, 5.41) is 0. The molecule has 0 fully saturated rings. The second kappa shape index (κ2) is 7.28. The molecule has 96 valence electrons. The lowest BCUT2D eigenvalue weighted by Gasteiger charge is -2.13. The van der Waals surface area contributed by atoms with Crippen molar-refractivity contribution in [1.82, 2.24) is 0 Å². The molecule has 1 aromatic rings. The van der Waals surface area contributed by atoms with Gasteiger partial charge >= 0.3 is 0 Å². The Morgan fingerprint density at radius 3 is 2.76 bits per heavy atom. The van der Waals surface area contributed by atoms with Gasteiger partial charge in [0.2, 0.25) is 0 Å². The summed E-state index contributed by atoms with van der Waals surface area (Å²) in [6.07, 6.45) is 2.95. The number of hydrogen-bond donors (Lipinski definition) is 1. The van der Waals surface area contributed by atoms with Crippen LogP contribution >= 0.6 is 0 Å². The van der Waals surface area contributed by atoms with Crippen LogP contribution in [0.1, 0.15) is 32.3 Å². The molecule has 0 spiro atoms. The Morgan fingerprint density at radius 1 is 1.35 bits per heavy atom. The van der Waals surface area contributed by atoms with E-state index in [0.29, 0.717) is 31.2 Å². The maximum atomic E-state index is 13.3. The SMILES string of the molecule is CCCC(C)COc1cc(F)cc(CCN)c1. The molecule has 17 heavy (non-hydrogen) atoms. The highest BCUT2D eigenvalue weighted by molar-refractivity contribution is 5.29. The lowest BCUT2D eigenvalue weighted by Crippen LogP contribution is -2.09. The Bertz CT molecular complexity index is 341. The van der Waals surface area contributed by atoms with E-state index in [1.165, 1.54) is 12.1 Å². The van der Waals surface area contributed by atoms with E-state index in [1.807, 2.05) is 6.07 Å². The fourth-order valence-corrected chi connectivity index (χ4v) is 1.83. The fourth-order valence-electron chi connectivity index (χ4n) is 1.83. The van der Waals surface area contributed by atoms with Crippen LogP contribution in [-0.2, 0) is 6.42 Å². The van der Waals surface area contributed by atoms with Crippen molar-refractivity contribution in [3.63, 3.8) is 0 Å². The van der Waals surface area contributed by atoms with E-state index in [2.05, 4.69) is 13.8 Å². The van der Waals surface area contributed by atoms with Crippen LogP contribution in [-0.4, -0.2) is 13.2 Å². The quantitative estimate of drug-likeness (QED) is 0.793. The molecule has 0 saturated carbocycles. The summed E-state index contributed by atoms with van der Waals surface area (Å²) in [5.74, 6) is 0.853. The minimum atomic E-state index is -0.255. The zero-order valence-electron chi connectivity index (χ0n) is 10.7. The highest BCUT2D eigenvalue weighted by atomic mass is 19.1. The number of hydrogen-bond acceptors (Lipinski definition) is 2. The van der Waals surface area contributed by atoms with Gasteiger partial charge in [0.1, 0.15) is 11.6 Å². The van der Waals surface area contributed by atoms with Crippen molar-refractivity contribution in [2.24, 2.45) is 11.7 Å². The molecule has 3 heteroatoms. The molecule has 1 aromatic carbocycles. The lowest BCUT2D eigenvalue weighted by atomic mass is 10.1. The largest absolute Gasteiger partial charge is 0.493 e. The van der Waals surface area contributed by atoms with Gasteiger partial charge in [0.05, 0.1) is 6.61 Å². The van der Waals surface area contributed by atoms with Gasteiger partial charge in [-0.3, -0.25) is 0 Å². The average Bonchev–Trinajstić information content (AvgIpc) is 2.26. The molecule has 0 aliphatic heterocycles. The molecule has 0 aromatic heterocycles. The molecule has 2 nitrogen and oxygen atoms in total. The first kappa shape index (κ1) is 14.0. The zero-order chi connectivity index (χ0) is 12.7. The standard InChI is InChI=1S/C14H22FNO/c1-3-4-11(2)10-17-14-8-12(5-6-16)7-13(15)9-14/h7-9,11H,3-6,10,16H2,1-2H3. The molecule has 1 unspecified atom stereocenters. The smallest absolute Gasteiger partial charge is 0.127 e. The van der Waals surface area contributed by atoms with E-state index in [9.17, 15) is 4.39 Å². The average molecular weight is 239 g/mol. The molecule has 0 aliphatic carbocycles. The van der Waals surface area contributed by atoms with Gasteiger partial charge in [-0.25, -0.2) is 4.39 Å². The second-order valence-electron chi connectivity index (χ2n) is 4.54. The van der Waals surface area contributed by atoms with Crippen LogP contribution in [0.3, 0.4) is 0 Å². The molecule has 0 aliphatic rings. The van der Waals surface area contributed by atoms with Gasteiger partial charge in [0.15, 0.2) is 0 Å². The molecule has 0 bridgehead atoms. The topological polar surface area (TPSA) is 35.2 Å². The minimum absolute atomic E-state index is 0.255. The Kier molecular flexibility index (Phi) is 5.98. The van der Waals surface area contributed by atoms with Crippen molar-refractivity contribution >= 4 is 0 Å². The number of halogens is 1. The number of rotatable bonds is 7. The number of ether oxygens (including phenoxy) is 1. The molecule has 0 radical (unpaired) electrons. The predicted molar refractivity (Wildman–Crippen MR) is 68.7 cm³/mol. The Labute approximate surface area is 103 Å². The first-order chi connectivity index (χ1) is 8.15. The van der Waals surface area contributed by atoms with Crippen molar-refractivity contribution in [2.75, 3.05) is 13.2 Å². The summed E-state index contributed by atoms with van der Waals surface area (Å²) in [5.41, 5.74) is 6.35. The molecule has 0 saturated heterocycles.